The molecule has 0 spiro atoms. The Morgan fingerprint density at radius 1 is 1.40 bits per heavy atom. The number of piperidine rings is 1. The SMILES string of the molecule is C[C@H](Sc1nncs1)C(=O)Nc1ccc(CN2CCCC[C@H]2C)cc1. The van der Waals surface area contributed by atoms with E-state index in [0.717, 1.165) is 16.6 Å². The van der Waals surface area contributed by atoms with E-state index in [1.165, 1.54) is 54.5 Å². The van der Waals surface area contributed by atoms with Gasteiger partial charge in [-0.2, -0.15) is 0 Å². The zero-order valence-corrected chi connectivity index (χ0v) is 16.3. The fourth-order valence-corrected chi connectivity index (χ4v) is 4.61. The average Bonchev–Trinajstić information content (AvgIpc) is 3.11. The molecule has 1 N–H and O–H groups in total. The van der Waals surface area contributed by atoms with Crippen molar-refractivity contribution in [1.29, 1.82) is 0 Å². The summed E-state index contributed by atoms with van der Waals surface area (Å²) in [7, 11) is 0. The number of thioether (sulfide) groups is 1. The average molecular weight is 377 g/mol. The van der Waals surface area contributed by atoms with Gasteiger partial charge in [0.2, 0.25) is 5.91 Å². The van der Waals surface area contributed by atoms with Crippen LogP contribution in [-0.4, -0.2) is 38.8 Å². The van der Waals surface area contributed by atoms with Gasteiger partial charge in [0.05, 0.1) is 5.25 Å². The first-order chi connectivity index (χ1) is 12.1. The molecule has 1 amide bonds. The van der Waals surface area contributed by atoms with Crippen molar-refractivity contribution in [2.75, 3.05) is 11.9 Å². The first-order valence-corrected chi connectivity index (χ1v) is 10.4. The summed E-state index contributed by atoms with van der Waals surface area (Å²) in [5, 5.41) is 10.5. The smallest absolute Gasteiger partial charge is 0.237 e. The lowest BCUT2D eigenvalue weighted by atomic mass is 10.0. The van der Waals surface area contributed by atoms with Gasteiger partial charge in [-0.15, -0.1) is 10.2 Å². The van der Waals surface area contributed by atoms with Crippen molar-refractivity contribution in [2.24, 2.45) is 0 Å². The minimum Gasteiger partial charge on any atom is -0.325 e. The van der Waals surface area contributed by atoms with E-state index in [-0.39, 0.29) is 11.2 Å². The maximum absolute atomic E-state index is 12.3. The summed E-state index contributed by atoms with van der Waals surface area (Å²) < 4.78 is 0.814. The number of hydrogen-bond donors (Lipinski definition) is 1. The molecule has 25 heavy (non-hydrogen) atoms. The van der Waals surface area contributed by atoms with Crippen LogP contribution >= 0.6 is 23.1 Å². The zero-order valence-electron chi connectivity index (χ0n) is 14.6. The van der Waals surface area contributed by atoms with Gasteiger partial charge in [0.15, 0.2) is 4.34 Å². The number of amides is 1. The van der Waals surface area contributed by atoms with Crippen LogP contribution in [0, 0.1) is 0 Å². The third-order valence-corrected chi connectivity index (χ3v) is 6.45. The Labute approximate surface area is 157 Å². The van der Waals surface area contributed by atoms with Crippen molar-refractivity contribution in [3.8, 4) is 0 Å². The summed E-state index contributed by atoms with van der Waals surface area (Å²) in [5.74, 6) is -0.0161. The number of nitrogens with one attached hydrogen (secondary N) is 1. The number of hydrogen-bond acceptors (Lipinski definition) is 6. The van der Waals surface area contributed by atoms with Crippen LogP contribution in [0.1, 0.15) is 38.7 Å². The number of carbonyl (C=O) groups excluding carboxylic acids is 1. The van der Waals surface area contributed by atoms with Gasteiger partial charge in [0.25, 0.3) is 0 Å². The van der Waals surface area contributed by atoms with Crippen molar-refractivity contribution in [1.82, 2.24) is 15.1 Å². The zero-order chi connectivity index (χ0) is 17.6. The predicted octanol–water partition coefficient (Wildman–Crippen LogP) is 4.03. The lowest BCUT2D eigenvalue weighted by Gasteiger charge is -2.33. The summed E-state index contributed by atoms with van der Waals surface area (Å²) in [6.07, 6.45) is 3.93. The molecule has 7 heteroatoms. The highest BCUT2D eigenvalue weighted by Crippen LogP contribution is 2.25. The summed E-state index contributed by atoms with van der Waals surface area (Å²) >= 11 is 2.88. The number of anilines is 1. The molecule has 0 aliphatic carbocycles. The number of aromatic nitrogens is 2. The summed E-state index contributed by atoms with van der Waals surface area (Å²) in [6, 6.07) is 8.86. The number of nitrogens with zero attached hydrogens (tertiary/aromatic N) is 3. The fourth-order valence-electron chi connectivity index (χ4n) is 2.98. The Kier molecular flexibility index (Phi) is 6.45. The van der Waals surface area contributed by atoms with E-state index in [0.29, 0.717) is 6.04 Å². The molecule has 134 valence electrons. The normalized spacial score (nSPS) is 19.5. The van der Waals surface area contributed by atoms with E-state index in [1.54, 1.807) is 5.51 Å². The standard InChI is InChI=1S/C18H24N4OS2/c1-13-5-3-4-10-22(13)11-15-6-8-16(9-7-15)20-17(23)14(2)25-18-21-19-12-24-18/h6-9,12-14H,3-5,10-11H2,1-2H3,(H,20,23)/t13-,14+/m1/s1. The summed E-state index contributed by atoms with van der Waals surface area (Å²) in [4.78, 5) is 14.8. The molecule has 1 fully saturated rings. The molecule has 0 bridgehead atoms. The minimum atomic E-state index is -0.207. The Balaban J connectivity index is 1.52. The maximum Gasteiger partial charge on any atom is 0.237 e. The van der Waals surface area contributed by atoms with Gasteiger partial charge < -0.3 is 5.32 Å². The van der Waals surface area contributed by atoms with Gasteiger partial charge in [0.1, 0.15) is 5.51 Å². The first kappa shape index (κ1) is 18.4. The number of benzene rings is 1. The van der Waals surface area contributed by atoms with E-state index < -0.39 is 0 Å². The van der Waals surface area contributed by atoms with E-state index >= 15 is 0 Å². The van der Waals surface area contributed by atoms with Crippen LogP contribution < -0.4 is 5.32 Å². The Morgan fingerprint density at radius 3 is 2.88 bits per heavy atom. The van der Waals surface area contributed by atoms with Crippen LogP contribution in [-0.2, 0) is 11.3 Å². The molecule has 2 atom stereocenters. The van der Waals surface area contributed by atoms with Crippen molar-refractivity contribution in [3.05, 3.63) is 35.3 Å². The van der Waals surface area contributed by atoms with E-state index in [1.807, 2.05) is 19.1 Å². The Morgan fingerprint density at radius 2 is 2.20 bits per heavy atom. The molecule has 0 saturated carbocycles. The molecule has 0 radical (unpaired) electrons. The van der Waals surface area contributed by atoms with Gasteiger partial charge in [-0.25, -0.2) is 0 Å². The quantitative estimate of drug-likeness (QED) is 0.771. The van der Waals surface area contributed by atoms with Gasteiger partial charge in [-0.05, 0) is 50.9 Å². The van der Waals surface area contributed by atoms with E-state index in [9.17, 15) is 4.79 Å². The number of likely N-dealkylation sites (tertiary alicyclic amines) is 1. The molecule has 3 rings (SSSR count). The van der Waals surface area contributed by atoms with Crippen molar-refractivity contribution < 1.29 is 4.79 Å². The molecular weight excluding hydrogens is 352 g/mol. The second-order valence-corrected chi connectivity index (χ2v) is 8.89. The highest BCUT2D eigenvalue weighted by molar-refractivity contribution is 8.02. The van der Waals surface area contributed by atoms with Gasteiger partial charge >= 0.3 is 0 Å². The minimum absolute atomic E-state index is 0.0161. The van der Waals surface area contributed by atoms with Crippen molar-refractivity contribution in [3.63, 3.8) is 0 Å². The van der Waals surface area contributed by atoms with Crippen LogP contribution in [0.3, 0.4) is 0 Å². The molecule has 1 aliphatic rings. The van der Waals surface area contributed by atoms with Crippen LogP contribution in [0.15, 0.2) is 34.1 Å². The van der Waals surface area contributed by atoms with Crippen LogP contribution in [0.4, 0.5) is 5.69 Å². The highest BCUT2D eigenvalue weighted by Gasteiger charge is 2.18. The molecular formula is C18H24N4OS2. The second kappa shape index (κ2) is 8.78. The highest BCUT2D eigenvalue weighted by atomic mass is 32.2. The summed E-state index contributed by atoms with van der Waals surface area (Å²) in [5.41, 5.74) is 3.81. The van der Waals surface area contributed by atoms with E-state index in [4.69, 9.17) is 0 Å². The molecule has 1 aromatic carbocycles. The van der Waals surface area contributed by atoms with Crippen LogP contribution in [0.5, 0.6) is 0 Å². The van der Waals surface area contributed by atoms with Crippen molar-refractivity contribution >= 4 is 34.7 Å². The first-order valence-electron chi connectivity index (χ1n) is 8.68. The molecule has 5 nitrogen and oxygen atoms in total. The predicted molar refractivity (Wildman–Crippen MR) is 104 cm³/mol. The van der Waals surface area contributed by atoms with Crippen LogP contribution in [0.25, 0.3) is 0 Å². The molecule has 2 heterocycles. The monoisotopic (exact) mass is 376 g/mol. The fraction of sp³-hybridized carbons (Fsp3) is 0.500. The Bertz CT molecular complexity index is 675. The van der Waals surface area contributed by atoms with Gasteiger partial charge in [0, 0.05) is 18.3 Å². The third-order valence-electron chi connectivity index (χ3n) is 4.53. The van der Waals surface area contributed by atoms with Crippen LogP contribution in [0.2, 0.25) is 0 Å². The lowest BCUT2D eigenvalue weighted by Crippen LogP contribution is -2.36. The molecule has 1 saturated heterocycles. The molecule has 2 aromatic rings. The van der Waals surface area contributed by atoms with Gasteiger partial charge in [-0.3, -0.25) is 9.69 Å². The number of rotatable bonds is 6. The summed E-state index contributed by atoms with van der Waals surface area (Å²) in [6.45, 7) is 6.36. The third kappa shape index (κ3) is 5.26. The Hall–Kier alpha value is -1.44. The second-order valence-electron chi connectivity index (χ2n) is 6.47. The van der Waals surface area contributed by atoms with Crippen molar-refractivity contribution in [2.45, 2.75) is 55.3 Å². The number of carbonyl (C=O) groups is 1. The lowest BCUT2D eigenvalue weighted by molar-refractivity contribution is -0.115. The largest absolute Gasteiger partial charge is 0.325 e. The molecule has 0 unspecified atom stereocenters. The van der Waals surface area contributed by atoms with Gasteiger partial charge in [-0.1, -0.05) is 41.7 Å². The molecule has 1 aromatic heterocycles. The topological polar surface area (TPSA) is 58.1 Å². The van der Waals surface area contributed by atoms with E-state index in [2.05, 4.69) is 39.5 Å². The maximum atomic E-state index is 12.3. The molecule has 1 aliphatic heterocycles.